The third-order valence-corrected chi connectivity index (χ3v) is 3.85. The molecule has 0 amide bonds. The summed E-state index contributed by atoms with van der Waals surface area (Å²) >= 11 is 0. The van der Waals surface area contributed by atoms with Crippen LogP contribution in [0.1, 0.15) is 42.6 Å². The Balaban J connectivity index is 2.02. The number of fused-ring (bicyclic) bond motifs is 1. The zero-order chi connectivity index (χ0) is 12.5. The molecule has 0 fully saturated rings. The first kappa shape index (κ1) is 11.5. The average molecular weight is 241 g/mol. The van der Waals surface area contributed by atoms with Crippen molar-refractivity contribution in [3.8, 4) is 5.69 Å². The molecule has 1 aliphatic rings. The van der Waals surface area contributed by atoms with E-state index in [2.05, 4.69) is 34.7 Å². The Morgan fingerprint density at radius 1 is 1.33 bits per heavy atom. The molecular weight excluding hydrogens is 222 g/mol. The number of rotatable bonds is 3. The van der Waals surface area contributed by atoms with Crippen LogP contribution in [0, 0.1) is 0 Å². The van der Waals surface area contributed by atoms with Gasteiger partial charge in [-0.25, -0.2) is 4.98 Å². The van der Waals surface area contributed by atoms with Crippen molar-refractivity contribution in [1.29, 1.82) is 0 Å². The zero-order valence-electron chi connectivity index (χ0n) is 10.8. The number of nitrogens with zero attached hydrogens (tertiary/aromatic N) is 2. The Bertz CT molecular complexity index is 557. The summed E-state index contributed by atoms with van der Waals surface area (Å²) in [7, 11) is 0. The molecule has 1 aromatic carbocycles. The van der Waals surface area contributed by atoms with E-state index in [1.54, 1.807) is 0 Å². The number of benzene rings is 1. The second kappa shape index (κ2) is 4.58. The third-order valence-electron chi connectivity index (χ3n) is 3.85. The lowest BCUT2D eigenvalue weighted by Crippen LogP contribution is -2.13. The molecule has 1 heterocycles. The first-order valence-electron chi connectivity index (χ1n) is 6.69. The lowest BCUT2D eigenvalue weighted by molar-refractivity contribution is 0.659. The SMILES string of the molecule is CC[C@@H](N)c1cncn1-c1ccc2c(c1)CCC2. The van der Waals surface area contributed by atoms with Gasteiger partial charge < -0.3 is 10.3 Å². The lowest BCUT2D eigenvalue weighted by Gasteiger charge is -2.14. The second-order valence-electron chi connectivity index (χ2n) is 5.01. The van der Waals surface area contributed by atoms with Crippen LogP contribution >= 0.6 is 0 Å². The van der Waals surface area contributed by atoms with Crippen LogP contribution in [-0.4, -0.2) is 9.55 Å². The zero-order valence-corrected chi connectivity index (χ0v) is 10.8. The molecule has 2 N–H and O–H groups in total. The second-order valence-corrected chi connectivity index (χ2v) is 5.01. The highest BCUT2D eigenvalue weighted by atomic mass is 15.1. The summed E-state index contributed by atoms with van der Waals surface area (Å²) in [5.74, 6) is 0. The molecule has 1 atom stereocenters. The minimum Gasteiger partial charge on any atom is -0.323 e. The molecule has 1 aromatic heterocycles. The standard InChI is InChI=1S/C15H19N3/c1-2-14(16)15-9-17-10-18(15)13-7-6-11-4-3-5-12(11)8-13/h6-10,14H,2-5,16H2,1H3/t14-/m1/s1. The minimum atomic E-state index is 0.0563. The summed E-state index contributed by atoms with van der Waals surface area (Å²) in [6.07, 6.45) is 8.37. The first-order valence-corrected chi connectivity index (χ1v) is 6.69. The largest absolute Gasteiger partial charge is 0.323 e. The monoisotopic (exact) mass is 241 g/mol. The molecule has 3 rings (SSSR count). The van der Waals surface area contributed by atoms with Crippen LogP contribution < -0.4 is 5.73 Å². The summed E-state index contributed by atoms with van der Waals surface area (Å²) in [5.41, 5.74) is 11.4. The number of aryl methyl sites for hydroxylation is 2. The van der Waals surface area contributed by atoms with Gasteiger partial charge >= 0.3 is 0 Å². The summed E-state index contributed by atoms with van der Waals surface area (Å²) < 4.78 is 2.12. The molecular formula is C15H19N3. The molecule has 1 aliphatic carbocycles. The number of imidazole rings is 1. The molecule has 0 aliphatic heterocycles. The summed E-state index contributed by atoms with van der Waals surface area (Å²) in [6.45, 7) is 2.10. The van der Waals surface area contributed by atoms with Crippen molar-refractivity contribution < 1.29 is 0 Å². The van der Waals surface area contributed by atoms with Gasteiger partial charge in [-0.05, 0) is 48.9 Å². The van der Waals surface area contributed by atoms with E-state index < -0.39 is 0 Å². The number of aromatic nitrogens is 2. The normalized spacial score (nSPS) is 15.7. The Hall–Kier alpha value is -1.61. The Morgan fingerprint density at radius 3 is 3.00 bits per heavy atom. The molecule has 0 unspecified atom stereocenters. The number of hydrogen-bond acceptors (Lipinski definition) is 2. The Morgan fingerprint density at radius 2 is 2.17 bits per heavy atom. The van der Waals surface area contributed by atoms with Gasteiger partial charge in [-0.3, -0.25) is 0 Å². The number of nitrogens with two attached hydrogens (primary N) is 1. The average Bonchev–Trinajstić information content (AvgIpc) is 3.05. The molecule has 94 valence electrons. The van der Waals surface area contributed by atoms with Gasteiger partial charge in [-0.1, -0.05) is 13.0 Å². The minimum absolute atomic E-state index is 0.0563. The smallest absolute Gasteiger partial charge is 0.0994 e. The van der Waals surface area contributed by atoms with Gasteiger partial charge in [0.25, 0.3) is 0 Å². The maximum atomic E-state index is 6.13. The Kier molecular flexibility index (Phi) is 2.92. The van der Waals surface area contributed by atoms with Crippen molar-refractivity contribution in [1.82, 2.24) is 9.55 Å². The van der Waals surface area contributed by atoms with Gasteiger partial charge in [-0.2, -0.15) is 0 Å². The summed E-state index contributed by atoms with van der Waals surface area (Å²) in [5, 5.41) is 0. The molecule has 0 saturated heterocycles. The van der Waals surface area contributed by atoms with Crippen molar-refractivity contribution in [2.45, 2.75) is 38.6 Å². The predicted octanol–water partition coefficient (Wildman–Crippen LogP) is 2.77. The van der Waals surface area contributed by atoms with E-state index >= 15 is 0 Å². The van der Waals surface area contributed by atoms with Crippen molar-refractivity contribution in [3.05, 3.63) is 47.5 Å². The fourth-order valence-corrected chi connectivity index (χ4v) is 2.71. The lowest BCUT2D eigenvalue weighted by atomic mass is 10.1. The van der Waals surface area contributed by atoms with E-state index in [4.69, 9.17) is 5.73 Å². The maximum Gasteiger partial charge on any atom is 0.0994 e. The van der Waals surface area contributed by atoms with Gasteiger partial charge in [-0.15, -0.1) is 0 Å². The van der Waals surface area contributed by atoms with Crippen LogP contribution in [0.25, 0.3) is 5.69 Å². The molecule has 3 nitrogen and oxygen atoms in total. The topological polar surface area (TPSA) is 43.8 Å². The van der Waals surface area contributed by atoms with E-state index in [0.29, 0.717) is 0 Å². The number of hydrogen-bond donors (Lipinski definition) is 1. The van der Waals surface area contributed by atoms with Crippen LogP contribution in [0.2, 0.25) is 0 Å². The highest BCUT2D eigenvalue weighted by molar-refractivity contribution is 5.43. The maximum absolute atomic E-state index is 6.13. The Labute approximate surface area is 108 Å². The highest BCUT2D eigenvalue weighted by Crippen LogP contribution is 2.26. The van der Waals surface area contributed by atoms with Crippen LogP contribution in [0.5, 0.6) is 0 Å². The fourth-order valence-electron chi connectivity index (χ4n) is 2.71. The van der Waals surface area contributed by atoms with Crippen molar-refractivity contribution >= 4 is 0 Å². The summed E-state index contributed by atoms with van der Waals surface area (Å²) in [6, 6.07) is 6.77. The molecule has 0 saturated carbocycles. The third kappa shape index (κ3) is 1.85. The molecule has 0 spiro atoms. The molecule has 18 heavy (non-hydrogen) atoms. The van der Waals surface area contributed by atoms with Crippen LogP contribution in [0.4, 0.5) is 0 Å². The van der Waals surface area contributed by atoms with E-state index in [1.165, 1.54) is 36.1 Å². The molecule has 3 heteroatoms. The van der Waals surface area contributed by atoms with Gasteiger partial charge in [0, 0.05) is 11.7 Å². The van der Waals surface area contributed by atoms with Crippen molar-refractivity contribution in [2.75, 3.05) is 0 Å². The predicted molar refractivity (Wildman–Crippen MR) is 72.8 cm³/mol. The van der Waals surface area contributed by atoms with Crippen LogP contribution in [0.3, 0.4) is 0 Å². The van der Waals surface area contributed by atoms with E-state index in [-0.39, 0.29) is 6.04 Å². The molecule has 2 aromatic rings. The van der Waals surface area contributed by atoms with Gasteiger partial charge in [0.2, 0.25) is 0 Å². The first-order chi connectivity index (χ1) is 8.79. The summed E-state index contributed by atoms with van der Waals surface area (Å²) in [4.78, 5) is 4.24. The van der Waals surface area contributed by atoms with Crippen LogP contribution in [-0.2, 0) is 12.8 Å². The van der Waals surface area contributed by atoms with Gasteiger partial charge in [0.15, 0.2) is 0 Å². The van der Waals surface area contributed by atoms with Crippen molar-refractivity contribution in [3.63, 3.8) is 0 Å². The van der Waals surface area contributed by atoms with Gasteiger partial charge in [0.05, 0.1) is 18.2 Å². The van der Waals surface area contributed by atoms with E-state index in [0.717, 1.165) is 12.1 Å². The van der Waals surface area contributed by atoms with E-state index in [9.17, 15) is 0 Å². The quantitative estimate of drug-likeness (QED) is 0.898. The molecule has 0 radical (unpaired) electrons. The van der Waals surface area contributed by atoms with Crippen molar-refractivity contribution in [2.24, 2.45) is 5.73 Å². The van der Waals surface area contributed by atoms with E-state index in [1.807, 2.05) is 12.5 Å². The fraction of sp³-hybridized carbons (Fsp3) is 0.400. The van der Waals surface area contributed by atoms with Crippen LogP contribution in [0.15, 0.2) is 30.7 Å². The highest BCUT2D eigenvalue weighted by Gasteiger charge is 2.14. The molecule has 0 bridgehead atoms. The van der Waals surface area contributed by atoms with Gasteiger partial charge in [0.1, 0.15) is 0 Å².